The van der Waals surface area contributed by atoms with Gasteiger partial charge in [0, 0.05) is 18.7 Å². The lowest BCUT2D eigenvalue weighted by Gasteiger charge is -2.24. The van der Waals surface area contributed by atoms with E-state index in [0.29, 0.717) is 12.2 Å². The largest absolute Gasteiger partial charge is 0.481 e. The highest BCUT2D eigenvalue weighted by molar-refractivity contribution is 5.66. The fourth-order valence-corrected chi connectivity index (χ4v) is 3.36. The molecule has 1 fully saturated rings. The number of aromatic nitrogens is 2. The van der Waals surface area contributed by atoms with Crippen molar-refractivity contribution in [3.8, 4) is 0 Å². The Bertz CT molecular complexity index is 749. The van der Waals surface area contributed by atoms with Gasteiger partial charge in [-0.25, -0.2) is 14.4 Å². The summed E-state index contributed by atoms with van der Waals surface area (Å²) in [5, 5.41) is 8.87. The normalized spacial score (nSPS) is 17.8. The van der Waals surface area contributed by atoms with Crippen LogP contribution in [0, 0.1) is 12.7 Å². The average Bonchev–Trinajstić information content (AvgIpc) is 3.03. The maximum atomic E-state index is 13.1. The fourth-order valence-electron chi connectivity index (χ4n) is 3.36. The molecule has 1 aliphatic heterocycles. The summed E-state index contributed by atoms with van der Waals surface area (Å²) in [5.74, 6) is -0.376. The first-order chi connectivity index (χ1) is 12.0. The summed E-state index contributed by atoms with van der Waals surface area (Å²) in [6.07, 6.45) is 2.58. The summed E-state index contributed by atoms with van der Waals surface area (Å²) in [7, 11) is 0. The van der Waals surface area contributed by atoms with Crippen LogP contribution in [0.4, 0.5) is 4.39 Å². The monoisotopic (exact) mass is 343 g/mol. The van der Waals surface area contributed by atoms with Crippen molar-refractivity contribution >= 4 is 5.97 Å². The van der Waals surface area contributed by atoms with Crippen LogP contribution in [0.5, 0.6) is 0 Å². The summed E-state index contributed by atoms with van der Waals surface area (Å²) >= 11 is 0. The van der Waals surface area contributed by atoms with Crippen LogP contribution < -0.4 is 0 Å². The second kappa shape index (κ2) is 7.70. The number of likely N-dealkylation sites (tertiary alicyclic amines) is 1. The molecule has 0 amide bonds. The number of aliphatic carboxylic acids is 1. The van der Waals surface area contributed by atoms with Gasteiger partial charge in [0.15, 0.2) is 0 Å². The van der Waals surface area contributed by atoms with E-state index in [4.69, 9.17) is 5.11 Å². The molecule has 1 aliphatic rings. The molecule has 0 aliphatic carbocycles. The number of carboxylic acid groups (broad SMARTS) is 1. The number of halogens is 1. The maximum absolute atomic E-state index is 13.1. The van der Waals surface area contributed by atoms with Crippen molar-refractivity contribution in [1.29, 1.82) is 0 Å². The van der Waals surface area contributed by atoms with E-state index < -0.39 is 5.97 Å². The van der Waals surface area contributed by atoms with Crippen LogP contribution in [0.2, 0.25) is 0 Å². The molecule has 1 atom stereocenters. The van der Waals surface area contributed by atoms with Gasteiger partial charge < -0.3 is 5.11 Å². The second-order valence-corrected chi connectivity index (χ2v) is 6.48. The zero-order valence-electron chi connectivity index (χ0n) is 14.3. The number of carbonyl (C=O) groups is 1. The van der Waals surface area contributed by atoms with Crippen molar-refractivity contribution in [3.05, 3.63) is 58.9 Å². The number of carboxylic acids is 1. The highest BCUT2D eigenvalue weighted by atomic mass is 19.1. The van der Waals surface area contributed by atoms with Gasteiger partial charge in [0.25, 0.3) is 0 Å². The minimum Gasteiger partial charge on any atom is -0.481 e. The number of benzene rings is 1. The third-order valence-electron chi connectivity index (χ3n) is 4.51. The van der Waals surface area contributed by atoms with Gasteiger partial charge in [-0.15, -0.1) is 0 Å². The molecule has 1 aromatic carbocycles. The Labute approximate surface area is 146 Å². The van der Waals surface area contributed by atoms with Crippen LogP contribution in [0.3, 0.4) is 0 Å². The summed E-state index contributed by atoms with van der Waals surface area (Å²) < 4.78 is 13.1. The number of hydrogen-bond donors (Lipinski definition) is 1. The zero-order valence-corrected chi connectivity index (χ0v) is 14.3. The molecule has 5 nitrogen and oxygen atoms in total. The van der Waals surface area contributed by atoms with Crippen molar-refractivity contribution in [2.75, 3.05) is 6.54 Å². The highest BCUT2D eigenvalue weighted by Crippen LogP contribution is 2.32. The number of nitrogens with zero attached hydrogens (tertiary/aromatic N) is 3. The van der Waals surface area contributed by atoms with Gasteiger partial charge in [0.1, 0.15) is 11.6 Å². The van der Waals surface area contributed by atoms with Gasteiger partial charge in [-0.1, -0.05) is 12.1 Å². The average molecular weight is 343 g/mol. The van der Waals surface area contributed by atoms with Gasteiger partial charge in [-0.05, 0) is 50.1 Å². The molecule has 1 saturated heterocycles. The number of rotatable bonds is 6. The molecule has 0 bridgehead atoms. The molecule has 1 N–H and O–H groups in total. The van der Waals surface area contributed by atoms with E-state index in [1.807, 2.05) is 25.1 Å². The lowest BCUT2D eigenvalue weighted by Crippen LogP contribution is -2.24. The standard InChI is InChI=1S/C19H22FN3O2/c1-13-21-16(8-9-19(24)25)11-17(22-13)18-3-2-10-23(18)12-14-4-6-15(20)7-5-14/h4-7,11,18H,2-3,8-10,12H2,1H3,(H,24,25). The van der Waals surface area contributed by atoms with Crippen molar-refractivity contribution in [2.45, 2.75) is 45.2 Å². The Morgan fingerprint density at radius 3 is 2.80 bits per heavy atom. The number of aryl methyl sites for hydroxylation is 2. The third-order valence-corrected chi connectivity index (χ3v) is 4.51. The van der Waals surface area contributed by atoms with Crippen LogP contribution in [0.15, 0.2) is 30.3 Å². The quantitative estimate of drug-likeness (QED) is 0.872. The van der Waals surface area contributed by atoms with E-state index in [2.05, 4.69) is 14.9 Å². The molecular formula is C19H22FN3O2. The van der Waals surface area contributed by atoms with Gasteiger partial charge >= 0.3 is 5.97 Å². The molecule has 2 heterocycles. The Morgan fingerprint density at radius 2 is 2.08 bits per heavy atom. The second-order valence-electron chi connectivity index (χ2n) is 6.48. The predicted molar refractivity (Wildman–Crippen MR) is 91.5 cm³/mol. The first-order valence-corrected chi connectivity index (χ1v) is 8.56. The Balaban J connectivity index is 1.77. The van der Waals surface area contributed by atoms with Crippen molar-refractivity contribution < 1.29 is 14.3 Å². The third kappa shape index (κ3) is 4.60. The smallest absolute Gasteiger partial charge is 0.303 e. The van der Waals surface area contributed by atoms with Gasteiger partial charge in [-0.3, -0.25) is 9.69 Å². The number of hydrogen-bond acceptors (Lipinski definition) is 4. The van der Waals surface area contributed by atoms with E-state index in [1.165, 1.54) is 12.1 Å². The molecule has 0 spiro atoms. The summed E-state index contributed by atoms with van der Waals surface area (Å²) in [5.41, 5.74) is 2.80. The Morgan fingerprint density at radius 1 is 1.32 bits per heavy atom. The minimum absolute atomic E-state index is 0.0693. The van der Waals surface area contributed by atoms with Gasteiger partial charge in [0.2, 0.25) is 0 Å². The summed E-state index contributed by atoms with van der Waals surface area (Å²) in [6.45, 7) is 3.56. The molecule has 3 rings (SSSR count). The van der Waals surface area contributed by atoms with Crippen LogP contribution in [-0.2, 0) is 17.8 Å². The van der Waals surface area contributed by atoms with E-state index in [-0.39, 0.29) is 18.3 Å². The predicted octanol–water partition coefficient (Wildman–Crippen LogP) is 3.28. The van der Waals surface area contributed by atoms with Gasteiger partial charge in [0.05, 0.1) is 18.2 Å². The lowest BCUT2D eigenvalue weighted by molar-refractivity contribution is -0.136. The zero-order chi connectivity index (χ0) is 17.8. The molecule has 1 unspecified atom stereocenters. The van der Waals surface area contributed by atoms with E-state index in [9.17, 15) is 9.18 Å². The van der Waals surface area contributed by atoms with Crippen LogP contribution in [0.25, 0.3) is 0 Å². The Kier molecular flexibility index (Phi) is 5.38. The SMILES string of the molecule is Cc1nc(CCC(=O)O)cc(C2CCCN2Cc2ccc(F)cc2)n1. The highest BCUT2D eigenvalue weighted by Gasteiger charge is 2.27. The molecule has 0 radical (unpaired) electrons. The first kappa shape index (κ1) is 17.5. The maximum Gasteiger partial charge on any atom is 0.303 e. The molecule has 132 valence electrons. The Hall–Kier alpha value is -2.34. The minimum atomic E-state index is -0.823. The lowest BCUT2D eigenvalue weighted by atomic mass is 10.1. The molecule has 25 heavy (non-hydrogen) atoms. The molecule has 1 aromatic heterocycles. The molecule has 0 saturated carbocycles. The van der Waals surface area contributed by atoms with E-state index >= 15 is 0 Å². The van der Waals surface area contributed by atoms with E-state index in [0.717, 1.165) is 42.9 Å². The van der Waals surface area contributed by atoms with Crippen molar-refractivity contribution in [2.24, 2.45) is 0 Å². The van der Waals surface area contributed by atoms with Crippen molar-refractivity contribution in [3.63, 3.8) is 0 Å². The molecule has 2 aromatic rings. The molecular weight excluding hydrogens is 321 g/mol. The van der Waals surface area contributed by atoms with Gasteiger partial charge in [-0.2, -0.15) is 0 Å². The summed E-state index contributed by atoms with van der Waals surface area (Å²) in [4.78, 5) is 22.1. The summed E-state index contributed by atoms with van der Waals surface area (Å²) in [6, 6.07) is 8.72. The van der Waals surface area contributed by atoms with Crippen LogP contribution >= 0.6 is 0 Å². The van der Waals surface area contributed by atoms with Crippen LogP contribution in [-0.4, -0.2) is 32.5 Å². The topological polar surface area (TPSA) is 66.3 Å². The fraction of sp³-hybridized carbons (Fsp3) is 0.421. The first-order valence-electron chi connectivity index (χ1n) is 8.56. The molecule has 6 heteroatoms. The van der Waals surface area contributed by atoms with Crippen molar-refractivity contribution in [1.82, 2.24) is 14.9 Å². The van der Waals surface area contributed by atoms with E-state index in [1.54, 1.807) is 0 Å². The van der Waals surface area contributed by atoms with Crippen LogP contribution in [0.1, 0.15) is 48.1 Å².